The molecule has 0 aliphatic heterocycles. The van der Waals surface area contributed by atoms with Crippen LogP contribution in [0.5, 0.6) is 0 Å². The normalized spacial score (nSPS) is 18.2. The molecule has 20 heavy (non-hydrogen) atoms. The Kier molecular flexibility index (Phi) is 4.33. The molecular weight excluding hydrogens is 264 g/mol. The van der Waals surface area contributed by atoms with E-state index in [1.165, 1.54) is 0 Å². The number of carbonyl (C=O) groups excluding carboxylic acids is 1. The minimum atomic E-state index is -0.916. The maximum Gasteiger partial charge on any atom is 0.319 e. The number of H-pyrrole nitrogens is 1. The highest BCUT2D eigenvalue weighted by atomic mass is 16.6. The number of aromatic nitrogens is 2. The first-order chi connectivity index (χ1) is 9.52. The summed E-state index contributed by atoms with van der Waals surface area (Å²) in [7, 11) is 0. The van der Waals surface area contributed by atoms with Crippen LogP contribution < -0.4 is 5.32 Å². The summed E-state index contributed by atoms with van der Waals surface area (Å²) in [5, 5.41) is 29.5. The van der Waals surface area contributed by atoms with Crippen LogP contribution in [-0.4, -0.2) is 38.3 Å². The van der Waals surface area contributed by atoms with Gasteiger partial charge in [-0.3, -0.25) is 20.0 Å². The SMILES string of the molecule is O=C(NCC1(O)CCCCCC1)c1[nH]ncc1[N+](=O)[O-]. The van der Waals surface area contributed by atoms with Crippen molar-refractivity contribution in [3.05, 3.63) is 22.0 Å². The van der Waals surface area contributed by atoms with Gasteiger partial charge in [-0.05, 0) is 12.8 Å². The third-order valence-corrected chi connectivity index (χ3v) is 3.66. The average Bonchev–Trinajstić information content (AvgIpc) is 2.80. The smallest absolute Gasteiger partial charge is 0.319 e. The number of nitro groups is 1. The molecule has 0 spiro atoms. The Morgan fingerprint density at radius 1 is 1.45 bits per heavy atom. The molecule has 0 saturated heterocycles. The summed E-state index contributed by atoms with van der Waals surface area (Å²) in [6.07, 6.45) is 6.30. The van der Waals surface area contributed by atoms with Gasteiger partial charge in [-0.2, -0.15) is 5.10 Å². The van der Waals surface area contributed by atoms with Crippen LogP contribution in [0.4, 0.5) is 5.69 Å². The Morgan fingerprint density at radius 3 is 2.70 bits per heavy atom. The molecule has 1 aromatic rings. The van der Waals surface area contributed by atoms with Crippen LogP contribution in [0.2, 0.25) is 0 Å². The van der Waals surface area contributed by atoms with Crippen molar-refractivity contribution in [3.8, 4) is 0 Å². The summed E-state index contributed by atoms with van der Waals surface area (Å²) < 4.78 is 0. The van der Waals surface area contributed by atoms with E-state index in [-0.39, 0.29) is 17.9 Å². The lowest BCUT2D eigenvalue weighted by atomic mass is 9.94. The summed E-state index contributed by atoms with van der Waals surface area (Å²) in [6, 6.07) is 0. The third kappa shape index (κ3) is 3.32. The molecular formula is C12H18N4O4. The zero-order valence-corrected chi connectivity index (χ0v) is 11.1. The van der Waals surface area contributed by atoms with Crippen molar-refractivity contribution >= 4 is 11.6 Å². The predicted molar refractivity (Wildman–Crippen MR) is 70.2 cm³/mol. The fourth-order valence-electron chi connectivity index (χ4n) is 2.48. The lowest BCUT2D eigenvalue weighted by Crippen LogP contribution is -2.42. The number of nitrogens with one attached hydrogen (secondary N) is 2. The lowest BCUT2D eigenvalue weighted by Gasteiger charge is -2.26. The molecule has 1 aromatic heterocycles. The molecule has 1 aliphatic carbocycles. The fourth-order valence-corrected chi connectivity index (χ4v) is 2.48. The molecule has 0 radical (unpaired) electrons. The van der Waals surface area contributed by atoms with Crippen LogP contribution in [0.25, 0.3) is 0 Å². The molecule has 2 rings (SSSR count). The second kappa shape index (κ2) is 6.00. The Labute approximate surface area is 115 Å². The van der Waals surface area contributed by atoms with Gasteiger partial charge in [0.05, 0.1) is 10.5 Å². The number of aromatic amines is 1. The van der Waals surface area contributed by atoms with Crippen molar-refractivity contribution in [1.82, 2.24) is 15.5 Å². The molecule has 3 N–H and O–H groups in total. The monoisotopic (exact) mass is 282 g/mol. The van der Waals surface area contributed by atoms with Crippen LogP contribution in [0, 0.1) is 10.1 Å². The zero-order chi connectivity index (χ0) is 14.6. The van der Waals surface area contributed by atoms with E-state index in [1.54, 1.807) is 0 Å². The van der Waals surface area contributed by atoms with Gasteiger partial charge in [-0.25, -0.2) is 0 Å². The molecule has 1 heterocycles. The fraction of sp³-hybridized carbons (Fsp3) is 0.667. The molecule has 0 atom stereocenters. The van der Waals surface area contributed by atoms with Crippen LogP contribution in [0.15, 0.2) is 6.20 Å². The van der Waals surface area contributed by atoms with Gasteiger partial charge in [0, 0.05) is 6.54 Å². The summed E-state index contributed by atoms with van der Waals surface area (Å²) in [5.74, 6) is -0.619. The molecule has 1 fully saturated rings. The highest BCUT2D eigenvalue weighted by Crippen LogP contribution is 2.26. The highest BCUT2D eigenvalue weighted by Gasteiger charge is 2.30. The standard InChI is InChI=1S/C12H18N4O4/c17-11(10-9(16(19)20)7-14-15-10)13-8-12(18)5-3-1-2-4-6-12/h7,18H,1-6,8H2,(H,13,17)(H,14,15). The van der Waals surface area contributed by atoms with Crippen molar-refractivity contribution in [1.29, 1.82) is 0 Å². The van der Waals surface area contributed by atoms with E-state index in [4.69, 9.17) is 0 Å². The van der Waals surface area contributed by atoms with E-state index in [9.17, 15) is 20.0 Å². The molecule has 0 bridgehead atoms. The van der Waals surface area contributed by atoms with E-state index >= 15 is 0 Å². The first-order valence-electron chi connectivity index (χ1n) is 6.70. The molecule has 0 aromatic carbocycles. The molecule has 1 saturated carbocycles. The quantitative estimate of drug-likeness (QED) is 0.434. The van der Waals surface area contributed by atoms with Gasteiger partial charge >= 0.3 is 5.69 Å². The number of nitrogens with zero attached hydrogens (tertiary/aromatic N) is 2. The second-order valence-electron chi connectivity index (χ2n) is 5.21. The lowest BCUT2D eigenvalue weighted by molar-refractivity contribution is -0.385. The molecule has 8 heteroatoms. The minimum absolute atomic E-state index is 0.0992. The van der Waals surface area contributed by atoms with Gasteiger partial charge in [0.1, 0.15) is 6.20 Å². The Bertz CT molecular complexity index is 491. The van der Waals surface area contributed by atoms with Gasteiger partial charge in [-0.15, -0.1) is 0 Å². The van der Waals surface area contributed by atoms with Crippen molar-refractivity contribution in [3.63, 3.8) is 0 Å². The topological polar surface area (TPSA) is 121 Å². The van der Waals surface area contributed by atoms with Gasteiger partial charge in [0.2, 0.25) is 5.69 Å². The van der Waals surface area contributed by atoms with Crippen LogP contribution in [-0.2, 0) is 0 Å². The summed E-state index contributed by atoms with van der Waals surface area (Å²) >= 11 is 0. The maximum atomic E-state index is 11.9. The number of carbonyl (C=O) groups is 1. The summed E-state index contributed by atoms with van der Waals surface area (Å²) in [5.41, 5.74) is -1.47. The van der Waals surface area contributed by atoms with Crippen molar-refractivity contribution in [2.45, 2.75) is 44.1 Å². The minimum Gasteiger partial charge on any atom is -0.388 e. The number of amides is 1. The first-order valence-corrected chi connectivity index (χ1v) is 6.70. The molecule has 8 nitrogen and oxygen atoms in total. The van der Waals surface area contributed by atoms with E-state index in [2.05, 4.69) is 15.5 Å². The van der Waals surface area contributed by atoms with Crippen LogP contribution in [0.1, 0.15) is 49.0 Å². The van der Waals surface area contributed by atoms with E-state index in [0.29, 0.717) is 12.8 Å². The number of rotatable bonds is 4. The Hall–Kier alpha value is -1.96. The molecule has 110 valence electrons. The summed E-state index contributed by atoms with van der Waals surface area (Å²) in [4.78, 5) is 22.0. The highest BCUT2D eigenvalue weighted by molar-refractivity contribution is 5.95. The van der Waals surface area contributed by atoms with Crippen molar-refractivity contribution in [2.75, 3.05) is 6.54 Å². The van der Waals surface area contributed by atoms with E-state index in [0.717, 1.165) is 31.9 Å². The summed E-state index contributed by atoms with van der Waals surface area (Å²) in [6.45, 7) is 0.0992. The van der Waals surface area contributed by atoms with Gasteiger partial charge < -0.3 is 10.4 Å². The molecule has 0 unspecified atom stereocenters. The van der Waals surface area contributed by atoms with Gasteiger partial charge in [0.15, 0.2) is 0 Å². The second-order valence-corrected chi connectivity index (χ2v) is 5.21. The zero-order valence-electron chi connectivity index (χ0n) is 11.1. The molecule has 1 amide bonds. The average molecular weight is 282 g/mol. The Morgan fingerprint density at radius 2 is 2.10 bits per heavy atom. The Balaban J connectivity index is 1.97. The van der Waals surface area contributed by atoms with E-state index < -0.39 is 16.4 Å². The van der Waals surface area contributed by atoms with Crippen LogP contribution >= 0.6 is 0 Å². The van der Waals surface area contributed by atoms with Crippen molar-refractivity contribution in [2.24, 2.45) is 0 Å². The van der Waals surface area contributed by atoms with E-state index in [1.807, 2.05) is 0 Å². The largest absolute Gasteiger partial charge is 0.388 e. The van der Waals surface area contributed by atoms with Gasteiger partial charge in [-0.1, -0.05) is 25.7 Å². The first kappa shape index (κ1) is 14.4. The predicted octanol–water partition coefficient (Wildman–Crippen LogP) is 1.13. The number of hydrogen-bond acceptors (Lipinski definition) is 5. The number of aliphatic hydroxyl groups is 1. The van der Waals surface area contributed by atoms with Crippen LogP contribution in [0.3, 0.4) is 0 Å². The number of hydrogen-bond donors (Lipinski definition) is 3. The van der Waals surface area contributed by atoms with Crippen molar-refractivity contribution < 1.29 is 14.8 Å². The third-order valence-electron chi connectivity index (χ3n) is 3.66. The molecule has 1 aliphatic rings. The van der Waals surface area contributed by atoms with Gasteiger partial charge in [0.25, 0.3) is 5.91 Å². The maximum absolute atomic E-state index is 11.9.